The van der Waals surface area contributed by atoms with Gasteiger partial charge in [0.25, 0.3) is 0 Å². The second-order valence-electron chi connectivity index (χ2n) is 5.05. The fourth-order valence-electron chi connectivity index (χ4n) is 2.56. The lowest BCUT2D eigenvalue weighted by molar-refractivity contribution is 0.0311. The van der Waals surface area contributed by atoms with Crippen molar-refractivity contribution in [3.05, 3.63) is 0 Å². The van der Waals surface area contributed by atoms with Crippen LogP contribution < -0.4 is 5.32 Å². The van der Waals surface area contributed by atoms with Crippen LogP contribution in [0, 0.1) is 0 Å². The van der Waals surface area contributed by atoms with E-state index in [1.807, 2.05) is 0 Å². The lowest BCUT2D eigenvalue weighted by Gasteiger charge is -2.30. The van der Waals surface area contributed by atoms with Gasteiger partial charge in [-0.15, -0.1) is 0 Å². The number of nitrogens with one attached hydrogen (secondary N) is 1. The maximum absolute atomic E-state index is 10.3. The number of likely N-dealkylation sites (N-methyl/N-ethyl adjacent to an activating group) is 1. The van der Waals surface area contributed by atoms with Crippen molar-refractivity contribution in [1.82, 2.24) is 15.1 Å². The Balaban J connectivity index is 1.72. The van der Waals surface area contributed by atoms with Gasteiger partial charge in [-0.25, -0.2) is 0 Å². The highest BCUT2D eigenvalue weighted by Crippen LogP contribution is 2.23. The highest BCUT2D eigenvalue weighted by Gasteiger charge is 2.34. The number of hydrogen-bond acceptors (Lipinski definition) is 4. The van der Waals surface area contributed by atoms with Gasteiger partial charge in [0.15, 0.2) is 0 Å². The molecule has 4 heteroatoms. The quantitative estimate of drug-likeness (QED) is 0.653. The van der Waals surface area contributed by atoms with Gasteiger partial charge in [0.1, 0.15) is 0 Å². The minimum Gasteiger partial charge on any atom is -0.388 e. The summed E-state index contributed by atoms with van der Waals surface area (Å²) in [6.45, 7) is 7.39. The second kappa shape index (κ2) is 4.78. The van der Waals surface area contributed by atoms with Gasteiger partial charge in [-0.1, -0.05) is 0 Å². The molecule has 2 aliphatic heterocycles. The molecule has 88 valence electrons. The summed E-state index contributed by atoms with van der Waals surface area (Å²) in [5.41, 5.74) is -0.417. The molecule has 0 aromatic heterocycles. The Labute approximate surface area is 92.2 Å². The van der Waals surface area contributed by atoms with Crippen molar-refractivity contribution in [2.75, 3.05) is 52.9 Å². The Morgan fingerprint density at radius 1 is 1.27 bits per heavy atom. The third-order valence-corrected chi connectivity index (χ3v) is 3.63. The number of nitrogens with zero attached hydrogens (tertiary/aromatic N) is 2. The summed E-state index contributed by atoms with van der Waals surface area (Å²) in [7, 11) is 2.09. The topological polar surface area (TPSA) is 38.7 Å². The Morgan fingerprint density at radius 2 is 2.00 bits per heavy atom. The number of β-amino-alcohol motifs (C(OH)–C–C–N with tert-alkyl or cyclic N) is 1. The smallest absolute Gasteiger partial charge is 0.0798 e. The van der Waals surface area contributed by atoms with Crippen molar-refractivity contribution in [2.24, 2.45) is 0 Å². The van der Waals surface area contributed by atoms with E-state index in [0.717, 1.165) is 58.7 Å². The maximum atomic E-state index is 10.3. The van der Waals surface area contributed by atoms with Crippen LogP contribution in [0.3, 0.4) is 0 Å². The van der Waals surface area contributed by atoms with Gasteiger partial charge >= 0.3 is 0 Å². The minimum absolute atomic E-state index is 0.417. The first kappa shape index (κ1) is 11.3. The van der Waals surface area contributed by atoms with E-state index in [-0.39, 0.29) is 0 Å². The molecule has 0 bridgehead atoms. The molecule has 0 spiro atoms. The van der Waals surface area contributed by atoms with E-state index in [0.29, 0.717) is 0 Å². The van der Waals surface area contributed by atoms with E-state index >= 15 is 0 Å². The second-order valence-corrected chi connectivity index (χ2v) is 5.05. The molecule has 0 aromatic rings. The highest BCUT2D eigenvalue weighted by atomic mass is 16.3. The van der Waals surface area contributed by atoms with Crippen LogP contribution in [0.2, 0.25) is 0 Å². The fraction of sp³-hybridized carbons (Fsp3) is 1.00. The van der Waals surface area contributed by atoms with E-state index in [1.54, 1.807) is 0 Å². The molecular weight excluding hydrogens is 190 g/mol. The number of hydrogen-bond donors (Lipinski definition) is 2. The van der Waals surface area contributed by atoms with Gasteiger partial charge in [-0.2, -0.15) is 0 Å². The normalized spacial score (nSPS) is 34.8. The molecule has 2 rings (SSSR count). The van der Waals surface area contributed by atoms with Crippen LogP contribution in [-0.2, 0) is 0 Å². The standard InChI is InChI=1S/C11H23N3O/c1-13-6-2-11(15,10-13)3-7-14-8-4-12-5-9-14/h12,15H,2-10H2,1H3. The fourth-order valence-corrected chi connectivity index (χ4v) is 2.56. The van der Waals surface area contributed by atoms with Crippen molar-refractivity contribution in [3.8, 4) is 0 Å². The van der Waals surface area contributed by atoms with Crippen LogP contribution in [0.1, 0.15) is 12.8 Å². The molecule has 1 atom stereocenters. The van der Waals surface area contributed by atoms with Crippen molar-refractivity contribution in [3.63, 3.8) is 0 Å². The Kier molecular flexibility index (Phi) is 3.61. The zero-order valence-corrected chi connectivity index (χ0v) is 9.71. The Morgan fingerprint density at radius 3 is 2.60 bits per heavy atom. The van der Waals surface area contributed by atoms with Crippen LogP contribution in [-0.4, -0.2) is 73.4 Å². The first-order valence-electron chi connectivity index (χ1n) is 6.02. The SMILES string of the molecule is CN1CCC(O)(CCN2CCNCC2)C1. The maximum Gasteiger partial charge on any atom is 0.0798 e. The van der Waals surface area contributed by atoms with Gasteiger partial charge in [0.2, 0.25) is 0 Å². The van der Waals surface area contributed by atoms with Crippen LogP contribution in [0.15, 0.2) is 0 Å². The van der Waals surface area contributed by atoms with E-state index in [2.05, 4.69) is 22.2 Å². The van der Waals surface area contributed by atoms with Crippen LogP contribution in [0.5, 0.6) is 0 Å². The summed E-state index contributed by atoms with van der Waals surface area (Å²) in [6.07, 6.45) is 1.87. The molecular formula is C11H23N3O. The molecule has 2 N–H and O–H groups in total. The average Bonchev–Trinajstić information content (AvgIpc) is 2.58. The molecule has 4 nitrogen and oxygen atoms in total. The molecule has 2 fully saturated rings. The Bertz CT molecular complexity index is 206. The van der Waals surface area contributed by atoms with Crippen LogP contribution in [0.25, 0.3) is 0 Å². The predicted molar refractivity (Wildman–Crippen MR) is 61.0 cm³/mol. The van der Waals surface area contributed by atoms with E-state index in [4.69, 9.17) is 0 Å². The molecule has 0 amide bonds. The molecule has 15 heavy (non-hydrogen) atoms. The van der Waals surface area contributed by atoms with Crippen molar-refractivity contribution >= 4 is 0 Å². The van der Waals surface area contributed by atoms with Gasteiger partial charge in [0.05, 0.1) is 5.60 Å². The third-order valence-electron chi connectivity index (χ3n) is 3.63. The van der Waals surface area contributed by atoms with Gasteiger partial charge < -0.3 is 20.2 Å². The zero-order valence-electron chi connectivity index (χ0n) is 9.71. The lowest BCUT2D eigenvalue weighted by Crippen LogP contribution is -2.46. The minimum atomic E-state index is -0.417. The van der Waals surface area contributed by atoms with E-state index < -0.39 is 5.60 Å². The molecule has 2 saturated heterocycles. The number of aliphatic hydroxyl groups is 1. The van der Waals surface area contributed by atoms with Crippen molar-refractivity contribution in [2.45, 2.75) is 18.4 Å². The zero-order chi connectivity index (χ0) is 10.7. The largest absolute Gasteiger partial charge is 0.388 e. The van der Waals surface area contributed by atoms with Gasteiger partial charge in [0, 0.05) is 45.8 Å². The monoisotopic (exact) mass is 213 g/mol. The Hall–Kier alpha value is -0.160. The molecule has 0 radical (unpaired) electrons. The first-order valence-corrected chi connectivity index (χ1v) is 6.02. The van der Waals surface area contributed by atoms with E-state index in [1.165, 1.54) is 0 Å². The summed E-state index contributed by atoms with van der Waals surface area (Å²) >= 11 is 0. The summed E-state index contributed by atoms with van der Waals surface area (Å²) in [5, 5.41) is 13.7. The van der Waals surface area contributed by atoms with Crippen molar-refractivity contribution in [1.29, 1.82) is 0 Å². The molecule has 0 saturated carbocycles. The third kappa shape index (κ3) is 3.14. The summed E-state index contributed by atoms with van der Waals surface area (Å²) in [6, 6.07) is 0. The number of rotatable bonds is 3. The highest BCUT2D eigenvalue weighted by molar-refractivity contribution is 4.89. The molecule has 2 aliphatic rings. The average molecular weight is 213 g/mol. The lowest BCUT2D eigenvalue weighted by atomic mass is 9.98. The van der Waals surface area contributed by atoms with Gasteiger partial charge in [-0.05, 0) is 19.9 Å². The van der Waals surface area contributed by atoms with Gasteiger partial charge in [-0.3, -0.25) is 0 Å². The first-order chi connectivity index (χ1) is 7.18. The summed E-state index contributed by atoms with van der Waals surface area (Å²) in [4.78, 5) is 4.67. The molecule has 2 heterocycles. The number of likely N-dealkylation sites (tertiary alicyclic amines) is 1. The molecule has 1 unspecified atom stereocenters. The molecule has 0 aromatic carbocycles. The number of piperazine rings is 1. The predicted octanol–water partition coefficient (Wildman–Crippen LogP) is -0.652. The van der Waals surface area contributed by atoms with E-state index in [9.17, 15) is 5.11 Å². The molecule has 0 aliphatic carbocycles. The van der Waals surface area contributed by atoms with Crippen LogP contribution >= 0.6 is 0 Å². The summed E-state index contributed by atoms with van der Waals surface area (Å²) < 4.78 is 0. The van der Waals surface area contributed by atoms with Crippen molar-refractivity contribution < 1.29 is 5.11 Å². The summed E-state index contributed by atoms with van der Waals surface area (Å²) in [5.74, 6) is 0. The van der Waals surface area contributed by atoms with Crippen LogP contribution in [0.4, 0.5) is 0 Å².